The van der Waals surface area contributed by atoms with Crippen LogP contribution < -0.4 is 42.3 Å². The second-order valence-electron chi connectivity index (χ2n) is 15.3. The van der Waals surface area contributed by atoms with Crippen LogP contribution in [0.2, 0.25) is 0 Å². The first kappa shape index (κ1) is 36.2. The Kier molecular flexibility index (Phi) is 8.76. The van der Waals surface area contributed by atoms with E-state index in [1.165, 1.54) is 44.1 Å². The molecule has 0 unspecified atom stereocenters. The maximum absolute atomic E-state index is 7.32. The van der Waals surface area contributed by atoms with E-state index in [0.29, 0.717) is 40.1 Å². The minimum atomic E-state index is -0.143. The topological polar surface area (TPSA) is 57.4 Å². The third-order valence-corrected chi connectivity index (χ3v) is 11.8. The number of para-hydroxylation sites is 1. The Hall–Kier alpha value is -6.16. The average Bonchev–Trinajstić information content (AvgIpc) is 3.59. The van der Waals surface area contributed by atoms with Gasteiger partial charge in [-0.3, -0.25) is 9.97 Å². The molecule has 3 aromatic heterocycles. The number of ether oxygens (including phenoxy) is 2. The third kappa shape index (κ3) is 5.75. The van der Waals surface area contributed by atoms with Crippen LogP contribution in [-0.4, -0.2) is 23.4 Å². The number of pyridine rings is 2. The minimum Gasteiger partial charge on any atom is -0.501 e. The second kappa shape index (κ2) is 14.0. The molecule has 0 amide bonds. The van der Waals surface area contributed by atoms with Gasteiger partial charge in [0, 0.05) is 16.9 Å². The van der Waals surface area contributed by atoms with Crippen LogP contribution in [-0.2, 0) is 21.1 Å². The van der Waals surface area contributed by atoms with E-state index < -0.39 is 0 Å². The zero-order valence-electron chi connectivity index (χ0n) is 32.3. The number of nitrogens with zero attached hydrogens (tertiary/aromatic N) is 2. The van der Waals surface area contributed by atoms with Crippen molar-refractivity contribution in [2.24, 2.45) is 0 Å². The molecule has 5 heterocycles. The predicted molar refractivity (Wildman–Crippen MR) is 232 cm³/mol. The summed E-state index contributed by atoms with van der Waals surface area (Å²) in [5, 5.41) is 1.90. The van der Waals surface area contributed by atoms with E-state index in [1.807, 2.05) is 60.7 Å². The van der Waals surface area contributed by atoms with E-state index >= 15 is 0 Å². The molecule has 0 saturated carbocycles. The Morgan fingerprint density at radius 1 is 0.500 bits per heavy atom. The average molecular weight is 928 g/mol. The monoisotopic (exact) mass is 927 g/mol. The van der Waals surface area contributed by atoms with Crippen molar-refractivity contribution in [2.45, 2.75) is 27.7 Å². The van der Waals surface area contributed by atoms with Gasteiger partial charge in [0.25, 0.3) is 0 Å². The van der Waals surface area contributed by atoms with Crippen molar-refractivity contribution in [1.29, 1.82) is 0 Å². The van der Waals surface area contributed by atoms with Gasteiger partial charge in [0.05, 0.1) is 5.58 Å². The second-order valence-corrected chi connectivity index (χ2v) is 15.3. The van der Waals surface area contributed by atoms with E-state index in [-0.39, 0.29) is 34.5 Å². The number of hydrogen-bond donors (Lipinski definition) is 0. The normalized spacial score (nSPS) is 12.6. The number of furan rings is 1. The number of aryl methyl sites for hydroxylation is 4. The van der Waals surface area contributed by atoms with Gasteiger partial charge < -0.3 is 13.9 Å². The standard InChI is InChI=1S/C50H34B2N2O3.Pt/c1-29-13-9-14-30(2)47(29)51-38-18-6-7-19-39(38)52(48-31(3)15-10-16-32(48)4)49-40(51)25-33-26-44(49)55-34-27-36-35-17-5-8-22-43(35)56-50(36)37(28-34)42-21-12-24-46(54-42)57-45-23-11-20-41(33)53-45;/h5-25,27H,1-4H3;/q-2;+2. The van der Waals surface area contributed by atoms with E-state index in [4.69, 9.17) is 23.9 Å². The summed E-state index contributed by atoms with van der Waals surface area (Å²) in [5.74, 6) is 2.01. The van der Waals surface area contributed by atoms with Gasteiger partial charge in [-0.05, 0) is 57.3 Å². The van der Waals surface area contributed by atoms with Crippen LogP contribution in [0.1, 0.15) is 22.3 Å². The number of aromatic nitrogens is 2. The molecule has 2 aliphatic heterocycles. The minimum absolute atomic E-state index is 0. The van der Waals surface area contributed by atoms with Crippen molar-refractivity contribution in [3.8, 4) is 45.8 Å². The van der Waals surface area contributed by atoms with Gasteiger partial charge >= 0.3 is 21.1 Å². The first-order valence-corrected chi connectivity index (χ1v) is 19.4. The zero-order valence-corrected chi connectivity index (χ0v) is 34.6. The van der Waals surface area contributed by atoms with E-state index in [0.717, 1.165) is 38.5 Å². The SMILES string of the molecule is Cc1cccc(C)c1B1c2ccccc2B(c2c(C)cccc2C)c2c3[c-]c(cc21)-c1cccc(n1)Oc1cccc(n1)-c1[c-]c(cc2c1oc1ccccc12)O3.[Pt+2]. The molecule has 0 radical (unpaired) electrons. The number of benzene rings is 6. The van der Waals surface area contributed by atoms with E-state index in [2.05, 4.69) is 113 Å². The Balaban J connectivity index is 0.00000408. The van der Waals surface area contributed by atoms with Gasteiger partial charge in [-0.25, -0.2) is 0 Å². The summed E-state index contributed by atoms with van der Waals surface area (Å²) < 4.78 is 20.3. The Bertz CT molecular complexity index is 3080. The van der Waals surface area contributed by atoms with Crippen molar-refractivity contribution < 1.29 is 35.0 Å². The molecule has 58 heavy (non-hydrogen) atoms. The first-order valence-electron chi connectivity index (χ1n) is 19.4. The quantitative estimate of drug-likeness (QED) is 0.131. The maximum Gasteiger partial charge on any atom is 2.00 e. The Morgan fingerprint density at radius 2 is 1.09 bits per heavy atom. The van der Waals surface area contributed by atoms with Crippen LogP contribution in [0, 0.1) is 39.8 Å². The van der Waals surface area contributed by atoms with Crippen molar-refractivity contribution >= 4 is 68.1 Å². The molecule has 8 bridgehead atoms. The summed E-state index contributed by atoms with van der Waals surface area (Å²) in [4.78, 5) is 10.00. The molecule has 0 atom stereocenters. The fraction of sp³-hybridized carbons (Fsp3) is 0.0800. The largest absolute Gasteiger partial charge is 2.00 e. The van der Waals surface area contributed by atoms with Gasteiger partial charge in [0.2, 0.25) is 18.5 Å². The number of fused-ring (bicyclic) bond motifs is 17. The van der Waals surface area contributed by atoms with Crippen LogP contribution in [0.15, 0.2) is 138 Å². The van der Waals surface area contributed by atoms with Gasteiger partial charge in [0.15, 0.2) is 6.71 Å². The first-order chi connectivity index (χ1) is 27.9. The number of rotatable bonds is 2. The molecular formula is C50H34B2N2O3Pt. The van der Waals surface area contributed by atoms with Crippen LogP contribution >= 0.6 is 0 Å². The Labute approximate surface area is 352 Å². The Morgan fingerprint density at radius 3 is 1.79 bits per heavy atom. The number of hydrogen-bond acceptors (Lipinski definition) is 5. The third-order valence-electron chi connectivity index (χ3n) is 11.8. The molecule has 278 valence electrons. The van der Waals surface area contributed by atoms with Gasteiger partial charge in [-0.1, -0.05) is 176 Å². The zero-order chi connectivity index (χ0) is 38.4. The van der Waals surface area contributed by atoms with Crippen LogP contribution in [0.4, 0.5) is 0 Å². The van der Waals surface area contributed by atoms with Gasteiger partial charge in [-0.15, -0.1) is 17.1 Å². The fourth-order valence-electron chi connectivity index (χ4n) is 9.31. The van der Waals surface area contributed by atoms with Crippen molar-refractivity contribution in [1.82, 2.24) is 9.97 Å². The predicted octanol–water partition coefficient (Wildman–Crippen LogP) is 7.79. The van der Waals surface area contributed by atoms with Crippen molar-refractivity contribution in [2.75, 3.05) is 0 Å². The summed E-state index contributed by atoms with van der Waals surface area (Å²) in [6, 6.07) is 53.5. The molecule has 6 aromatic carbocycles. The van der Waals surface area contributed by atoms with E-state index in [1.54, 1.807) is 0 Å². The molecule has 11 rings (SSSR count). The fourth-order valence-corrected chi connectivity index (χ4v) is 9.31. The molecule has 0 fully saturated rings. The molecule has 2 aliphatic rings. The molecule has 0 spiro atoms. The van der Waals surface area contributed by atoms with Crippen molar-refractivity contribution in [3.63, 3.8) is 0 Å². The molecular weight excluding hydrogens is 893 g/mol. The van der Waals surface area contributed by atoms with Crippen molar-refractivity contribution in [3.05, 3.63) is 168 Å². The summed E-state index contributed by atoms with van der Waals surface area (Å²) in [6.07, 6.45) is 0. The van der Waals surface area contributed by atoms with Crippen LogP contribution in [0.3, 0.4) is 0 Å². The smallest absolute Gasteiger partial charge is 0.501 e. The van der Waals surface area contributed by atoms with Crippen LogP contribution in [0.5, 0.6) is 23.3 Å². The summed E-state index contributed by atoms with van der Waals surface area (Å²) in [6.45, 7) is 8.65. The van der Waals surface area contributed by atoms with Gasteiger partial charge in [0.1, 0.15) is 5.58 Å². The molecule has 0 saturated heterocycles. The van der Waals surface area contributed by atoms with Gasteiger partial charge in [-0.2, -0.15) is 5.46 Å². The molecule has 0 N–H and O–H groups in total. The summed E-state index contributed by atoms with van der Waals surface area (Å²) >= 11 is 0. The summed E-state index contributed by atoms with van der Waals surface area (Å²) in [5.41, 5.74) is 16.6. The van der Waals surface area contributed by atoms with Crippen LogP contribution in [0.25, 0.3) is 44.5 Å². The molecule has 0 aliphatic carbocycles. The molecule has 9 aromatic rings. The van der Waals surface area contributed by atoms with E-state index in [9.17, 15) is 0 Å². The molecule has 8 heteroatoms. The summed E-state index contributed by atoms with van der Waals surface area (Å²) in [7, 11) is 0. The maximum atomic E-state index is 7.32. The molecule has 5 nitrogen and oxygen atoms in total.